The van der Waals surface area contributed by atoms with Crippen LogP contribution in [0.2, 0.25) is 0 Å². The fraction of sp³-hybridized carbons (Fsp3) is 0.565. The maximum absolute atomic E-state index is 12.4. The third-order valence-corrected chi connectivity index (χ3v) is 6.61. The van der Waals surface area contributed by atoms with Gasteiger partial charge in [-0.25, -0.2) is 9.67 Å². The lowest BCUT2D eigenvalue weighted by Gasteiger charge is -2.36. The standard InChI is InChI=1S/C23H28N6O2/c24-15-18-13-19-16-31-12-5-20(19)25-23(18)28-9-6-27(7-10-28)8-11-29-22(30)14-17-3-1-2-4-21(17)26-29/h13-14H,1-12,16H2. The van der Waals surface area contributed by atoms with Crippen molar-refractivity contribution in [2.24, 2.45) is 0 Å². The van der Waals surface area contributed by atoms with Crippen molar-refractivity contribution >= 4 is 5.82 Å². The molecule has 2 aromatic rings. The number of hydrogen-bond acceptors (Lipinski definition) is 7. The van der Waals surface area contributed by atoms with Crippen LogP contribution in [0.15, 0.2) is 16.9 Å². The summed E-state index contributed by atoms with van der Waals surface area (Å²) in [5.74, 6) is 0.801. The van der Waals surface area contributed by atoms with Gasteiger partial charge in [0, 0.05) is 50.8 Å². The Labute approximate surface area is 182 Å². The second-order valence-corrected chi connectivity index (χ2v) is 8.59. The molecule has 5 rings (SSSR count). The number of nitrogens with zero attached hydrogens (tertiary/aromatic N) is 6. The number of hydrogen-bond donors (Lipinski definition) is 0. The van der Waals surface area contributed by atoms with Crippen molar-refractivity contribution in [1.82, 2.24) is 19.7 Å². The van der Waals surface area contributed by atoms with Crippen molar-refractivity contribution in [3.63, 3.8) is 0 Å². The molecular weight excluding hydrogens is 392 g/mol. The van der Waals surface area contributed by atoms with Crippen LogP contribution in [0.25, 0.3) is 0 Å². The molecule has 0 amide bonds. The molecule has 1 aliphatic carbocycles. The van der Waals surface area contributed by atoms with E-state index in [0.29, 0.717) is 25.3 Å². The quantitative estimate of drug-likeness (QED) is 0.736. The number of ether oxygens (including phenoxy) is 1. The van der Waals surface area contributed by atoms with Gasteiger partial charge in [0.15, 0.2) is 0 Å². The minimum Gasteiger partial charge on any atom is -0.376 e. The summed E-state index contributed by atoms with van der Waals surface area (Å²) in [6.07, 6.45) is 5.08. The molecule has 0 aromatic carbocycles. The van der Waals surface area contributed by atoms with Crippen LogP contribution in [0.1, 0.15) is 40.9 Å². The van der Waals surface area contributed by atoms with Gasteiger partial charge in [-0.2, -0.15) is 10.4 Å². The molecule has 0 bridgehead atoms. The predicted molar refractivity (Wildman–Crippen MR) is 116 cm³/mol. The van der Waals surface area contributed by atoms with Crippen molar-refractivity contribution in [2.45, 2.75) is 45.3 Å². The number of aryl methyl sites for hydroxylation is 2. The second-order valence-electron chi connectivity index (χ2n) is 8.59. The molecule has 0 saturated carbocycles. The Morgan fingerprint density at radius 1 is 1.00 bits per heavy atom. The van der Waals surface area contributed by atoms with Crippen LogP contribution >= 0.6 is 0 Å². The molecule has 1 fully saturated rings. The first-order valence-corrected chi connectivity index (χ1v) is 11.3. The summed E-state index contributed by atoms with van der Waals surface area (Å²) in [5, 5.41) is 14.3. The number of nitriles is 1. The first-order valence-electron chi connectivity index (χ1n) is 11.3. The maximum atomic E-state index is 12.4. The van der Waals surface area contributed by atoms with Crippen molar-refractivity contribution in [2.75, 3.05) is 44.2 Å². The number of fused-ring (bicyclic) bond motifs is 2. The van der Waals surface area contributed by atoms with E-state index in [2.05, 4.69) is 21.0 Å². The Morgan fingerprint density at radius 2 is 1.84 bits per heavy atom. The van der Waals surface area contributed by atoms with Crippen LogP contribution < -0.4 is 10.5 Å². The molecule has 2 aromatic heterocycles. The van der Waals surface area contributed by atoms with E-state index in [0.717, 1.165) is 93.2 Å². The molecule has 0 radical (unpaired) electrons. The molecule has 0 spiro atoms. The van der Waals surface area contributed by atoms with Crippen LogP contribution in [0.5, 0.6) is 0 Å². The van der Waals surface area contributed by atoms with Gasteiger partial charge >= 0.3 is 0 Å². The van der Waals surface area contributed by atoms with Crippen LogP contribution in [0, 0.1) is 11.3 Å². The molecule has 3 aliphatic rings. The Bertz CT molecular complexity index is 1060. The van der Waals surface area contributed by atoms with Gasteiger partial charge in [0.2, 0.25) is 0 Å². The van der Waals surface area contributed by atoms with Gasteiger partial charge in [-0.3, -0.25) is 9.69 Å². The normalized spacial score (nSPS) is 18.9. The van der Waals surface area contributed by atoms with Gasteiger partial charge in [0.25, 0.3) is 5.56 Å². The number of aromatic nitrogens is 3. The van der Waals surface area contributed by atoms with Crippen molar-refractivity contribution < 1.29 is 4.74 Å². The first-order chi connectivity index (χ1) is 15.2. The average Bonchev–Trinajstić information content (AvgIpc) is 2.82. The zero-order valence-corrected chi connectivity index (χ0v) is 17.8. The minimum absolute atomic E-state index is 0.0141. The first kappa shape index (κ1) is 20.2. The smallest absolute Gasteiger partial charge is 0.267 e. The van der Waals surface area contributed by atoms with Crippen molar-refractivity contribution in [3.05, 3.63) is 50.6 Å². The lowest BCUT2D eigenvalue weighted by Crippen LogP contribution is -2.48. The van der Waals surface area contributed by atoms with Crippen molar-refractivity contribution in [1.29, 1.82) is 5.26 Å². The molecule has 0 N–H and O–H groups in total. The van der Waals surface area contributed by atoms with E-state index >= 15 is 0 Å². The van der Waals surface area contributed by atoms with Gasteiger partial charge in [0.05, 0.1) is 36.7 Å². The van der Waals surface area contributed by atoms with Crippen LogP contribution in [-0.2, 0) is 37.2 Å². The van der Waals surface area contributed by atoms with Gasteiger partial charge in [-0.1, -0.05) is 0 Å². The lowest BCUT2D eigenvalue weighted by atomic mass is 9.97. The monoisotopic (exact) mass is 420 g/mol. The number of rotatable bonds is 4. The summed E-state index contributed by atoms with van der Waals surface area (Å²) in [6.45, 7) is 6.06. The summed E-state index contributed by atoms with van der Waals surface area (Å²) in [4.78, 5) is 21.8. The SMILES string of the molecule is N#Cc1cc2c(nc1N1CCN(CCn3nc4c(cc3=O)CCCC4)CC1)CCOC2. The molecule has 0 unspecified atom stereocenters. The Hall–Kier alpha value is -2.76. The minimum atomic E-state index is 0.0141. The van der Waals surface area contributed by atoms with E-state index in [1.54, 1.807) is 10.7 Å². The largest absolute Gasteiger partial charge is 0.376 e. The summed E-state index contributed by atoms with van der Waals surface area (Å²) >= 11 is 0. The van der Waals surface area contributed by atoms with Gasteiger partial charge in [-0.15, -0.1) is 0 Å². The molecule has 2 aliphatic heterocycles. The molecule has 8 heteroatoms. The second kappa shape index (κ2) is 8.77. The highest BCUT2D eigenvalue weighted by molar-refractivity contribution is 5.56. The fourth-order valence-electron chi connectivity index (χ4n) is 4.78. The van der Waals surface area contributed by atoms with Crippen LogP contribution in [-0.4, -0.2) is 59.0 Å². The molecule has 1 saturated heterocycles. The van der Waals surface area contributed by atoms with E-state index in [1.807, 2.05) is 6.07 Å². The number of pyridine rings is 1. The van der Waals surface area contributed by atoms with E-state index in [9.17, 15) is 10.1 Å². The predicted octanol–water partition coefficient (Wildman–Crippen LogP) is 1.28. The molecule has 8 nitrogen and oxygen atoms in total. The van der Waals surface area contributed by atoms with E-state index in [4.69, 9.17) is 9.72 Å². The Balaban J connectivity index is 1.22. The number of piperazine rings is 1. The van der Waals surface area contributed by atoms with Crippen LogP contribution in [0.3, 0.4) is 0 Å². The molecule has 31 heavy (non-hydrogen) atoms. The Kier molecular flexibility index (Phi) is 5.70. The van der Waals surface area contributed by atoms with Gasteiger partial charge in [-0.05, 0) is 37.3 Å². The highest BCUT2D eigenvalue weighted by Gasteiger charge is 2.23. The summed E-state index contributed by atoms with van der Waals surface area (Å²) in [5.41, 5.74) is 4.97. The number of anilines is 1. The van der Waals surface area contributed by atoms with E-state index in [-0.39, 0.29) is 5.56 Å². The van der Waals surface area contributed by atoms with Crippen LogP contribution in [0.4, 0.5) is 5.82 Å². The summed E-state index contributed by atoms with van der Waals surface area (Å²) in [7, 11) is 0. The zero-order valence-electron chi connectivity index (χ0n) is 17.8. The Morgan fingerprint density at radius 3 is 2.68 bits per heavy atom. The van der Waals surface area contributed by atoms with E-state index < -0.39 is 0 Å². The van der Waals surface area contributed by atoms with Gasteiger partial charge in [0.1, 0.15) is 11.9 Å². The fourth-order valence-corrected chi connectivity index (χ4v) is 4.78. The van der Waals surface area contributed by atoms with E-state index in [1.165, 1.54) is 0 Å². The molecule has 162 valence electrons. The molecule has 4 heterocycles. The lowest BCUT2D eigenvalue weighted by molar-refractivity contribution is 0.109. The summed E-state index contributed by atoms with van der Waals surface area (Å²) < 4.78 is 7.13. The highest BCUT2D eigenvalue weighted by Crippen LogP contribution is 2.25. The average molecular weight is 421 g/mol. The topological polar surface area (TPSA) is 87.3 Å². The zero-order chi connectivity index (χ0) is 21.2. The third kappa shape index (κ3) is 4.21. The molecule has 0 atom stereocenters. The van der Waals surface area contributed by atoms with Crippen molar-refractivity contribution in [3.8, 4) is 6.07 Å². The maximum Gasteiger partial charge on any atom is 0.267 e. The summed E-state index contributed by atoms with van der Waals surface area (Å²) in [6, 6.07) is 6.04. The highest BCUT2D eigenvalue weighted by atomic mass is 16.5. The van der Waals surface area contributed by atoms with Gasteiger partial charge < -0.3 is 9.64 Å². The third-order valence-electron chi connectivity index (χ3n) is 6.61. The molecular formula is C23H28N6O2.